The van der Waals surface area contributed by atoms with Crippen molar-refractivity contribution in [3.63, 3.8) is 0 Å². The first kappa shape index (κ1) is 15.4. The highest BCUT2D eigenvalue weighted by atomic mass is 16.5. The predicted octanol–water partition coefficient (Wildman–Crippen LogP) is 0.666. The maximum Gasteiger partial charge on any atom is 0.328 e. The predicted molar refractivity (Wildman–Crippen MR) is 70.9 cm³/mol. The zero-order chi connectivity index (χ0) is 15.1. The van der Waals surface area contributed by atoms with E-state index in [9.17, 15) is 9.59 Å². The molecule has 0 radical (unpaired) electrons. The number of ether oxygens (including phenoxy) is 3. The normalized spacial score (nSPS) is 10.3. The van der Waals surface area contributed by atoms with E-state index in [0.717, 1.165) is 6.08 Å². The van der Waals surface area contributed by atoms with Gasteiger partial charge in [0.1, 0.15) is 0 Å². The molecule has 3 N–H and O–H groups in total. The molecule has 1 amide bonds. The van der Waals surface area contributed by atoms with E-state index in [1.54, 1.807) is 12.1 Å². The van der Waals surface area contributed by atoms with E-state index < -0.39 is 11.9 Å². The molecule has 20 heavy (non-hydrogen) atoms. The number of carboxylic acid groups (broad SMARTS) is 1. The minimum Gasteiger partial charge on any atom is -0.493 e. The highest BCUT2D eigenvalue weighted by Crippen LogP contribution is 2.38. The second kappa shape index (κ2) is 7.03. The van der Waals surface area contributed by atoms with E-state index >= 15 is 0 Å². The minimum atomic E-state index is -1.07. The van der Waals surface area contributed by atoms with Gasteiger partial charge < -0.3 is 25.1 Å². The van der Waals surface area contributed by atoms with Gasteiger partial charge in [-0.15, -0.1) is 0 Å². The molecule has 1 aromatic rings. The smallest absolute Gasteiger partial charge is 0.328 e. The number of methoxy groups -OCH3 is 2. The van der Waals surface area contributed by atoms with Gasteiger partial charge in [0.25, 0.3) is 5.91 Å². The lowest BCUT2D eigenvalue weighted by atomic mass is 10.1. The topological polar surface area (TPSA) is 108 Å². The van der Waals surface area contributed by atoms with Crippen molar-refractivity contribution in [3.05, 3.63) is 23.8 Å². The Morgan fingerprint density at radius 3 is 2.20 bits per heavy atom. The van der Waals surface area contributed by atoms with Gasteiger partial charge in [0, 0.05) is 6.08 Å². The SMILES string of the molecule is COc1cc(/C=C/C(=O)O)cc(OC)c1OCC(N)=O. The number of rotatable bonds is 7. The van der Waals surface area contributed by atoms with Gasteiger partial charge in [-0.05, 0) is 23.8 Å². The van der Waals surface area contributed by atoms with Crippen LogP contribution in [0.1, 0.15) is 5.56 Å². The van der Waals surface area contributed by atoms with Crippen LogP contribution in [-0.2, 0) is 9.59 Å². The molecule has 0 spiro atoms. The first-order chi connectivity index (χ1) is 9.47. The maximum absolute atomic E-state index is 10.8. The average molecular weight is 281 g/mol. The molecule has 1 rings (SSSR count). The van der Waals surface area contributed by atoms with E-state index in [1.165, 1.54) is 20.3 Å². The molecule has 0 aliphatic heterocycles. The van der Waals surface area contributed by atoms with E-state index in [1.807, 2.05) is 0 Å². The summed E-state index contributed by atoms with van der Waals surface area (Å²) < 4.78 is 15.5. The monoisotopic (exact) mass is 281 g/mol. The molecule has 0 aromatic heterocycles. The van der Waals surface area contributed by atoms with Gasteiger partial charge in [0.2, 0.25) is 5.75 Å². The van der Waals surface area contributed by atoms with Crippen LogP contribution in [0.3, 0.4) is 0 Å². The number of carboxylic acids is 1. The molecule has 0 aliphatic carbocycles. The summed E-state index contributed by atoms with van der Waals surface area (Å²) in [5.74, 6) is -0.881. The Labute approximate surface area is 115 Å². The van der Waals surface area contributed by atoms with Crippen molar-refractivity contribution < 1.29 is 28.9 Å². The number of aliphatic carboxylic acids is 1. The van der Waals surface area contributed by atoms with Gasteiger partial charge in [0.15, 0.2) is 18.1 Å². The van der Waals surface area contributed by atoms with Crippen LogP contribution in [0, 0.1) is 0 Å². The number of amides is 1. The summed E-state index contributed by atoms with van der Waals surface area (Å²) in [5, 5.41) is 8.60. The number of hydrogen-bond acceptors (Lipinski definition) is 5. The zero-order valence-electron chi connectivity index (χ0n) is 11.1. The van der Waals surface area contributed by atoms with E-state index in [0.29, 0.717) is 17.1 Å². The molecule has 0 fully saturated rings. The molecule has 0 bridgehead atoms. The molecular formula is C13H15NO6. The summed E-state index contributed by atoms with van der Waals surface area (Å²) in [6.45, 7) is -0.322. The Hall–Kier alpha value is -2.70. The Kier molecular flexibility index (Phi) is 5.40. The molecular weight excluding hydrogens is 266 g/mol. The van der Waals surface area contributed by atoms with Gasteiger partial charge in [0.05, 0.1) is 14.2 Å². The quantitative estimate of drug-likeness (QED) is 0.711. The highest BCUT2D eigenvalue weighted by molar-refractivity contribution is 5.85. The summed E-state index contributed by atoms with van der Waals surface area (Å²) in [5.41, 5.74) is 5.56. The number of carbonyl (C=O) groups is 2. The first-order valence-electron chi connectivity index (χ1n) is 5.56. The first-order valence-corrected chi connectivity index (χ1v) is 5.56. The maximum atomic E-state index is 10.8. The molecule has 0 saturated heterocycles. The van der Waals surface area contributed by atoms with Crippen molar-refractivity contribution in [2.45, 2.75) is 0 Å². The van der Waals surface area contributed by atoms with Crippen LogP contribution in [0.15, 0.2) is 18.2 Å². The molecule has 7 heteroatoms. The number of benzene rings is 1. The van der Waals surface area contributed by atoms with E-state index in [4.69, 9.17) is 25.1 Å². The van der Waals surface area contributed by atoms with E-state index in [-0.39, 0.29) is 12.4 Å². The van der Waals surface area contributed by atoms with Crippen LogP contribution in [0.25, 0.3) is 6.08 Å². The fourth-order valence-corrected chi connectivity index (χ4v) is 1.45. The van der Waals surface area contributed by atoms with Crippen LogP contribution < -0.4 is 19.9 Å². The number of carbonyl (C=O) groups excluding carboxylic acids is 1. The lowest BCUT2D eigenvalue weighted by Gasteiger charge is -2.14. The molecule has 0 saturated carbocycles. The van der Waals surface area contributed by atoms with E-state index in [2.05, 4.69) is 0 Å². The summed E-state index contributed by atoms with van der Waals surface area (Å²) in [6.07, 6.45) is 2.36. The molecule has 7 nitrogen and oxygen atoms in total. The molecule has 0 aliphatic rings. The lowest BCUT2D eigenvalue weighted by Crippen LogP contribution is -2.20. The van der Waals surface area contributed by atoms with Crippen LogP contribution in [0.4, 0.5) is 0 Å². The van der Waals surface area contributed by atoms with Crippen LogP contribution in [0.2, 0.25) is 0 Å². The fourth-order valence-electron chi connectivity index (χ4n) is 1.45. The average Bonchev–Trinajstić information content (AvgIpc) is 2.42. The fraction of sp³-hybridized carbons (Fsp3) is 0.231. The third-order valence-electron chi connectivity index (χ3n) is 2.26. The van der Waals surface area contributed by atoms with Crippen molar-refractivity contribution in [2.75, 3.05) is 20.8 Å². The van der Waals surface area contributed by atoms with Crippen LogP contribution in [0.5, 0.6) is 17.2 Å². The largest absolute Gasteiger partial charge is 0.493 e. The molecule has 108 valence electrons. The van der Waals surface area contributed by atoms with Crippen LogP contribution in [-0.4, -0.2) is 37.8 Å². The van der Waals surface area contributed by atoms with Crippen molar-refractivity contribution in [3.8, 4) is 17.2 Å². The van der Waals surface area contributed by atoms with Gasteiger partial charge in [-0.25, -0.2) is 4.79 Å². The second-order valence-corrected chi connectivity index (χ2v) is 3.68. The van der Waals surface area contributed by atoms with Gasteiger partial charge in [-0.2, -0.15) is 0 Å². The van der Waals surface area contributed by atoms with Gasteiger partial charge in [-0.1, -0.05) is 0 Å². The summed E-state index contributed by atoms with van der Waals surface area (Å²) in [4.78, 5) is 21.3. The second-order valence-electron chi connectivity index (χ2n) is 3.68. The third kappa shape index (κ3) is 4.20. The number of primary amides is 1. The Bertz CT molecular complexity index is 513. The molecule has 0 unspecified atom stereocenters. The Morgan fingerprint density at radius 1 is 1.25 bits per heavy atom. The van der Waals surface area contributed by atoms with Crippen molar-refractivity contribution in [2.24, 2.45) is 5.73 Å². The molecule has 0 atom stereocenters. The van der Waals surface area contributed by atoms with Crippen molar-refractivity contribution in [1.29, 1.82) is 0 Å². The molecule has 0 heterocycles. The summed E-state index contributed by atoms with van der Waals surface area (Å²) in [6, 6.07) is 3.11. The number of hydrogen-bond donors (Lipinski definition) is 2. The Morgan fingerprint density at radius 2 is 1.80 bits per heavy atom. The Balaban J connectivity index is 3.17. The van der Waals surface area contributed by atoms with Gasteiger partial charge >= 0.3 is 5.97 Å². The minimum absolute atomic E-state index is 0.223. The van der Waals surface area contributed by atoms with Crippen molar-refractivity contribution in [1.82, 2.24) is 0 Å². The zero-order valence-corrected chi connectivity index (χ0v) is 11.1. The van der Waals surface area contributed by atoms with Gasteiger partial charge in [-0.3, -0.25) is 4.79 Å². The summed E-state index contributed by atoms with van der Waals surface area (Å²) in [7, 11) is 2.83. The third-order valence-corrected chi connectivity index (χ3v) is 2.26. The van der Waals surface area contributed by atoms with Crippen LogP contribution >= 0.6 is 0 Å². The lowest BCUT2D eigenvalue weighted by molar-refractivity contribution is -0.131. The molecule has 1 aromatic carbocycles. The summed E-state index contributed by atoms with van der Waals surface area (Å²) >= 11 is 0. The highest BCUT2D eigenvalue weighted by Gasteiger charge is 2.14. The number of nitrogens with two attached hydrogens (primary N) is 1. The van der Waals surface area contributed by atoms with Crippen molar-refractivity contribution >= 4 is 18.0 Å². The standard InChI is InChI=1S/C13H15NO6/c1-18-9-5-8(3-4-12(16)17)6-10(19-2)13(9)20-7-11(14)15/h3-6H,7H2,1-2H3,(H2,14,15)(H,16,17)/b4-3+.